The number of aromatic amines is 1. The Hall–Kier alpha value is -2.79. The number of piperidine rings is 1. The number of likely N-dealkylation sites (tertiary alicyclic amines) is 1. The molecule has 1 aliphatic rings. The first-order chi connectivity index (χ1) is 15.5. The van der Waals surface area contributed by atoms with Crippen LogP contribution in [-0.2, 0) is 17.8 Å². The van der Waals surface area contributed by atoms with Crippen molar-refractivity contribution in [3.8, 4) is 5.75 Å². The van der Waals surface area contributed by atoms with Crippen LogP contribution in [0, 0.1) is 12.8 Å². The molecule has 0 spiro atoms. The molecule has 2 heterocycles. The summed E-state index contributed by atoms with van der Waals surface area (Å²) in [4.78, 5) is 21.2. The number of carbonyl (C=O) groups is 1. The van der Waals surface area contributed by atoms with Crippen molar-refractivity contribution < 1.29 is 9.53 Å². The van der Waals surface area contributed by atoms with Crippen molar-refractivity contribution in [2.75, 3.05) is 27.2 Å². The van der Waals surface area contributed by atoms with E-state index in [1.54, 1.807) is 7.11 Å². The first-order valence-corrected chi connectivity index (χ1v) is 11.7. The van der Waals surface area contributed by atoms with Crippen molar-refractivity contribution in [2.24, 2.45) is 5.92 Å². The minimum Gasteiger partial charge on any atom is -0.497 e. The Labute approximate surface area is 191 Å². The van der Waals surface area contributed by atoms with Crippen molar-refractivity contribution in [2.45, 2.75) is 45.7 Å². The SMILES string of the molecule is CCC1C(=O)N(CCc2c[nH]c3ccccc23)CCC1N(C)Cc1cc(C)cc(OC)c1. The maximum Gasteiger partial charge on any atom is 0.227 e. The monoisotopic (exact) mass is 433 g/mol. The summed E-state index contributed by atoms with van der Waals surface area (Å²) < 4.78 is 5.44. The predicted molar refractivity (Wildman–Crippen MR) is 130 cm³/mol. The number of hydrogen-bond acceptors (Lipinski definition) is 3. The normalized spacial score (nSPS) is 19.2. The number of H-pyrrole nitrogens is 1. The molecule has 170 valence electrons. The van der Waals surface area contributed by atoms with E-state index in [2.05, 4.69) is 72.2 Å². The fourth-order valence-electron chi connectivity index (χ4n) is 5.23. The molecule has 0 saturated carbocycles. The van der Waals surface area contributed by atoms with Crippen LogP contribution < -0.4 is 4.74 Å². The lowest BCUT2D eigenvalue weighted by Gasteiger charge is -2.42. The molecule has 5 nitrogen and oxygen atoms in total. The lowest BCUT2D eigenvalue weighted by Crippen LogP contribution is -2.53. The highest BCUT2D eigenvalue weighted by atomic mass is 16.5. The van der Waals surface area contributed by atoms with Gasteiger partial charge in [-0.15, -0.1) is 0 Å². The molecule has 5 heteroatoms. The van der Waals surface area contributed by atoms with Gasteiger partial charge >= 0.3 is 0 Å². The van der Waals surface area contributed by atoms with E-state index in [1.165, 1.54) is 22.1 Å². The number of para-hydroxylation sites is 1. The molecular weight excluding hydrogens is 398 g/mol. The van der Waals surface area contributed by atoms with E-state index in [-0.39, 0.29) is 12.0 Å². The van der Waals surface area contributed by atoms with Crippen LogP contribution in [0.25, 0.3) is 10.9 Å². The average Bonchev–Trinajstić information content (AvgIpc) is 3.20. The second kappa shape index (κ2) is 9.78. The van der Waals surface area contributed by atoms with E-state index in [1.807, 2.05) is 12.1 Å². The van der Waals surface area contributed by atoms with Crippen LogP contribution >= 0.6 is 0 Å². The maximum absolute atomic E-state index is 13.4. The number of aromatic nitrogens is 1. The van der Waals surface area contributed by atoms with E-state index in [9.17, 15) is 4.79 Å². The summed E-state index contributed by atoms with van der Waals surface area (Å²) in [6, 6.07) is 15.0. The molecular formula is C27H35N3O2. The van der Waals surface area contributed by atoms with Gasteiger partial charge in [-0.1, -0.05) is 31.2 Å². The Morgan fingerprint density at radius 2 is 2.03 bits per heavy atom. The molecule has 1 aliphatic heterocycles. The fourth-order valence-corrected chi connectivity index (χ4v) is 5.23. The number of aryl methyl sites for hydroxylation is 1. The van der Waals surface area contributed by atoms with Gasteiger partial charge in [0, 0.05) is 42.8 Å². The van der Waals surface area contributed by atoms with E-state index < -0.39 is 0 Å². The summed E-state index contributed by atoms with van der Waals surface area (Å²) >= 11 is 0. The molecule has 2 aromatic carbocycles. The van der Waals surface area contributed by atoms with Gasteiger partial charge in [0.25, 0.3) is 0 Å². The molecule has 1 N–H and O–H groups in total. The third kappa shape index (κ3) is 4.68. The molecule has 0 bridgehead atoms. The van der Waals surface area contributed by atoms with Crippen molar-refractivity contribution in [1.82, 2.24) is 14.8 Å². The summed E-state index contributed by atoms with van der Waals surface area (Å²) in [7, 11) is 3.86. The maximum atomic E-state index is 13.4. The van der Waals surface area contributed by atoms with Gasteiger partial charge in [0.05, 0.1) is 13.0 Å². The highest BCUT2D eigenvalue weighted by molar-refractivity contribution is 5.83. The number of nitrogens with zero attached hydrogens (tertiary/aromatic N) is 2. The summed E-state index contributed by atoms with van der Waals surface area (Å²) in [5.74, 6) is 1.24. The molecule has 4 rings (SSSR count). The Kier molecular flexibility index (Phi) is 6.85. The Morgan fingerprint density at radius 3 is 2.81 bits per heavy atom. The molecule has 1 saturated heterocycles. The molecule has 3 aromatic rings. The minimum atomic E-state index is 0.0448. The van der Waals surface area contributed by atoms with Crippen LogP contribution in [0.5, 0.6) is 5.75 Å². The molecule has 2 unspecified atom stereocenters. The number of carbonyl (C=O) groups excluding carboxylic acids is 1. The third-order valence-electron chi connectivity index (χ3n) is 6.90. The number of fused-ring (bicyclic) bond motifs is 1. The molecule has 1 amide bonds. The second-order valence-corrected chi connectivity index (χ2v) is 9.08. The first-order valence-electron chi connectivity index (χ1n) is 11.7. The topological polar surface area (TPSA) is 48.6 Å². The van der Waals surface area contributed by atoms with E-state index in [0.29, 0.717) is 5.91 Å². The largest absolute Gasteiger partial charge is 0.497 e. The molecule has 0 radical (unpaired) electrons. The van der Waals surface area contributed by atoms with Crippen LogP contribution in [0.3, 0.4) is 0 Å². The Morgan fingerprint density at radius 1 is 1.22 bits per heavy atom. The van der Waals surface area contributed by atoms with Gasteiger partial charge in [-0.05, 0) is 68.1 Å². The number of methoxy groups -OCH3 is 1. The van der Waals surface area contributed by atoms with Gasteiger partial charge in [0.1, 0.15) is 5.75 Å². The van der Waals surface area contributed by atoms with E-state index in [0.717, 1.165) is 50.2 Å². The quantitative estimate of drug-likeness (QED) is 0.556. The highest BCUT2D eigenvalue weighted by Crippen LogP contribution is 2.28. The van der Waals surface area contributed by atoms with Gasteiger partial charge in [0.15, 0.2) is 0 Å². The average molecular weight is 434 g/mol. The highest BCUT2D eigenvalue weighted by Gasteiger charge is 2.37. The molecule has 2 atom stereocenters. The van der Waals surface area contributed by atoms with Crippen LogP contribution in [0.4, 0.5) is 0 Å². The predicted octanol–water partition coefficient (Wildman–Crippen LogP) is 4.79. The van der Waals surface area contributed by atoms with Crippen LogP contribution in [0.15, 0.2) is 48.7 Å². The number of benzene rings is 2. The van der Waals surface area contributed by atoms with Gasteiger partial charge in [0.2, 0.25) is 5.91 Å². The first kappa shape index (κ1) is 22.4. The van der Waals surface area contributed by atoms with Crippen molar-refractivity contribution in [3.05, 3.63) is 65.4 Å². The zero-order chi connectivity index (χ0) is 22.7. The Bertz CT molecular complexity index is 1070. The standard InChI is InChI=1S/C27H35N3O2/c1-5-23-26(29(3)18-20-14-19(2)15-22(16-20)32-4)11-13-30(27(23)31)12-10-21-17-28-25-9-7-6-8-24(21)25/h6-9,14-17,23,26,28H,5,10-13,18H2,1-4H3. The van der Waals surface area contributed by atoms with Crippen LogP contribution in [0.1, 0.15) is 36.5 Å². The van der Waals surface area contributed by atoms with Crippen LogP contribution in [-0.4, -0.2) is 54.0 Å². The number of nitrogens with one attached hydrogen (secondary N) is 1. The molecule has 32 heavy (non-hydrogen) atoms. The second-order valence-electron chi connectivity index (χ2n) is 9.08. The van der Waals surface area contributed by atoms with Gasteiger partial charge in [-0.2, -0.15) is 0 Å². The summed E-state index contributed by atoms with van der Waals surface area (Å²) in [6.45, 7) is 6.66. The number of amides is 1. The Balaban J connectivity index is 1.40. The number of hydrogen-bond donors (Lipinski definition) is 1. The van der Waals surface area contributed by atoms with E-state index in [4.69, 9.17) is 4.74 Å². The lowest BCUT2D eigenvalue weighted by molar-refractivity contribution is -0.142. The van der Waals surface area contributed by atoms with Gasteiger partial charge in [-0.3, -0.25) is 9.69 Å². The van der Waals surface area contributed by atoms with Crippen molar-refractivity contribution in [1.29, 1.82) is 0 Å². The van der Waals surface area contributed by atoms with Crippen molar-refractivity contribution >= 4 is 16.8 Å². The molecule has 1 aromatic heterocycles. The number of rotatable bonds is 8. The van der Waals surface area contributed by atoms with E-state index >= 15 is 0 Å². The third-order valence-corrected chi connectivity index (χ3v) is 6.90. The molecule has 1 fully saturated rings. The van der Waals surface area contributed by atoms with Crippen molar-refractivity contribution in [3.63, 3.8) is 0 Å². The fraction of sp³-hybridized carbons (Fsp3) is 0.444. The summed E-state index contributed by atoms with van der Waals surface area (Å²) in [5.41, 5.74) is 4.87. The van der Waals surface area contributed by atoms with Crippen LogP contribution in [0.2, 0.25) is 0 Å². The van der Waals surface area contributed by atoms with Gasteiger partial charge < -0.3 is 14.6 Å². The lowest BCUT2D eigenvalue weighted by atomic mass is 9.87. The summed E-state index contributed by atoms with van der Waals surface area (Å²) in [6.07, 6.45) is 4.85. The molecule has 0 aliphatic carbocycles. The number of ether oxygens (including phenoxy) is 1. The summed E-state index contributed by atoms with van der Waals surface area (Å²) in [5, 5.41) is 1.26. The smallest absolute Gasteiger partial charge is 0.227 e. The zero-order valence-corrected chi connectivity index (χ0v) is 19.7. The minimum absolute atomic E-state index is 0.0448. The van der Waals surface area contributed by atoms with Gasteiger partial charge in [-0.25, -0.2) is 0 Å². The zero-order valence-electron chi connectivity index (χ0n) is 19.7.